The third-order valence-electron chi connectivity index (χ3n) is 2.45. The van der Waals surface area contributed by atoms with Crippen LogP contribution in [0.3, 0.4) is 0 Å². The molecule has 0 heterocycles. The zero-order valence-corrected chi connectivity index (χ0v) is 12.5. The summed E-state index contributed by atoms with van der Waals surface area (Å²) in [5.41, 5.74) is 6.19. The molecule has 3 N–H and O–H groups in total. The van der Waals surface area contributed by atoms with Gasteiger partial charge >= 0.3 is 10.4 Å². The highest BCUT2D eigenvalue weighted by Crippen LogP contribution is 2.28. The molecular weight excluding hydrogens is 310 g/mol. The predicted octanol–water partition coefficient (Wildman–Crippen LogP) is 0.179. The number of methoxy groups -OCH3 is 1. The Labute approximate surface area is 117 Å². The molecule has 20 heavy (non-hydrogen) atoms. The lowest BCUT2D eigenvalue weighted by molar-refractivity contribution is 0.284. The van der Waals surface area contributed by atoms with Gasteiger partial charge in [0.1, 0.15) is 5.75 Å². The molecule has 1 aromatic carbocycles. The van der Waals surface area contributed by atoms with Crippen LogP contribution in [0, 0.1) is 6.92 Å². The smallest absolute Gasteiger partial charge is 0.397 e. The molecule has 8 nitrogen and oxygen atoms in total. The van der Waals surface area contributed by atoms with E-state index in [9.17, 15) is 16.8 Å². The van der Waals surface area contributed by atoms with Gasteiger partial charge in [0.15, 0.2) is 9.84 Å². The Morgan fingerprint density at radius 1 is 1.25 bits per heavy atom. The van der Waals surface area contributed by atoms with Crippen LogP contribution in [0.2, 0.25) is 0 Å². The molecule has 0 unspecified atom stereocenters. The average molecular weight is 325 g/mol. The van der Waals surface area contributed by atoms with Gasteiger partial charge in [-0.1, -0.05) is 0 Å². The van der Waals surface area contributed by atoms with E-state index in [0.717, 1.165) is 0 Å². The zero-order chi connectivity index (χ0) is 15.6. The summed E-state index contributed by atoms with van der Waals surface area (Å²) in [6.45, 7) is 0.866. The molecule has 0 bridgehead atoms. The number of hydrogen-bond donors (Lipinski definition) is 2. The van der Waals surface area contributed by atoms with Gasteiger partial charge in [-0.2, -0.15) is 8.42 Å². The Kier molecular flexibility index (Phi) is 4.97. The lowest BCUT2D eigenvalue weighted by atomic mass is 10.2. The van der Waals surface area contributed by atoms with E-state index in [0.29, 0.717) is 11.3 Å². The quantitative estimate of drug-likeness (QED) is 0.559. The Morgan fingerprint density at radius 2 is 1.85 bits per heavy atom. The van der Waals surface area contributed by atoms with Crippen LogP contribution >= 0.6 is 0 Å². The minimum Gasteiger partial charge on any atom is -0.495 e. The maximum absolute atomic E-state index is 12.0. The fourth-order valence-corrected chi connectivity index (χ4v) is 3.33. The van der Waals surface area contributed by atoms with E-state index in [2.05, 4.69) is 4.18 Å². The van der Waals surface area contributed by atoms with Gasteiger partial charge in [-0.25, -0.2) is 12.6 Å². The fourth-order valence-electron chi connectivity index (χ4n) is 1.55. The van der Waals surface area contributed by atoms with Crippen LogP contribution < -0.4 is 10.5 Å². The highest BCUT2D eigenvalue weighted by Gasteiger charge is 2.20. The van der Waals surface area contributed by atoms with E-state index in [-0.39, 0.29) is 10.6 Å². The largest absolute Gasteiger partial charge is 0.495 e. The third-order valence-corrected chi connectivity index (χ3v) is 4.73. The second-order valence-corrected chi connectivity index (χ2v) is 7.10. The Morgan fingerprint density at radius 3 is 2.35 bits per heavy atom. The van der Waals surface area contributed by atoms with Crippen molar-refractivity contribution in [1.29, 1.82) is 0 Å². The molecule has 0 fully saturated rings. The van der Waals surface area contributed by atoms with Crippen molar-refractivity contribution < 1.29 is 30.3 Å². The lowest BCUT2D eigenvalue weighted by Gasteiger charge is -2.11. The van der Waals surface area contributed by atoms with Gasteiger partial charge in [-0.05, 0) is 24.6 Å². The zero-order valence-electron chi connectivity index (χ0n) is 10.9. The summed E-state index contributed by atoms with van der Waals surface area (Å²) in [6, 6.07) is 2.70. The van der Waals surface area contributed by atoms with Gasteiger partial charge in [0.05, 0.1) is 30.1 Å². The number of ether oxygens (including phenoxy) is 1. The van der Waals surface area contributed by atoms with Gasteiger partial charge < -0.3 is 10.5 Å². The number of nitrogen functional groups attached to an aromatic ring is 1. The first-order valence-corrected chi connectivity index (χ1v) is 8.37. The third kappa shape index (κ3) is 4.34. The molecule has 0 aromatic heterocycles. The van der Waals surface area contributed by atoms with Crippen molar-refractivity contribution in [3.8, 4) is 5.75 Å². The van der Waals surface area contributed by atoms with Crippen molar-refractivity contribution in [3.63, 3.8) is 0 Å². The normalized spacial score (nSPS) is 12.3. The molecule has 0 aliphatic carbocycles. The van der Waals surface area contributed by atoms with Crippen LogP contribution in [-0.2, 0) is 24.4 Å². The highest BCUT2D eigenvalue weighted by atomic mass is 32.3. The maximum atomic E-state index is 12.0. The Hall–Kier alpha value is -1.36. The summed E-state index contributed by atoms with van der Waals surface area (Å²) in [7, 11) is -7.06. The molecule has 1 rings (SSSR count). The topological polar surface area (TPSA) is 133 Å². The number of rotatable bonds is 6. The number of benzene rings is 1. The van der Waals surface area contributed by atoms with Crippen molar-refractivity contribution in [1.82, 2.24) is 0 Å². The molecule has 1 aromatic rings. The molecule has 0 aliphatic heterocycles. The first-order chi connectivity index (χ1) is 9.07. The van der Waals surface area contributed by atoms with Crippen molar-refractivity contribution in [2.24, 2.45) is 0 Å². The van der Waals surface area contributed by atoms with E-state index in [1.807, 2.05) is 0 Å². The molecule has 0 radical (unpaired) electrons. The molecule has 0 atom stereocenters. The van der Waals surface area contributed by atoms with Gasteiger partial charge in [0.2, 0.25) is 0 Å². The Bertz CT molecular complexity index is 695. The number of nitrogens with two attached hydrogens (primary N) is 1. The first-order valence-electron chi connectivity index (χ1n) is 5.35. The van der Waals surface area contributed by atoms with Crippen LogP contribution in [0.1, 0.15) is 5.56 Å². The summed E-state index contributed by atoms with van der Waals surface area (Å²) in [6.07, 6.45) is 0. The highest BCUT2D eigenvalue weighted by molar-refractivity contribution is 7.91. The van der Waals surface area contributed by atoms with Crippen molar-refractivity contribution in [2.45, 2.75) is 11.8 Å². The molecule has 0 amide bonds. The summed E-state index contributed by atoms with van der Waals surface area (Å²) < 4.78 is 62.1. The summed E-state index contributed by atoms with van der Waals surface area (Å²) in [5.74, 6) is -0.269. The maximum Gasteiger partial charge on any atom is 0.397 e. The van der Waals surface area contributed by atoms with Crippen molar-refractivity contribution >= 4 is 25.9 Å². The predicted molar refractivity (Wildman–Crippen MR) is 71.7 cm³/mol. The monoisotopic (exact) mass is 325 g/mol. The van der Waals surface area contributed by atoms with Gasteiger partial charge in [0, 0.05) is 0 Å². The molecule has 0 saturated carbocycles. The van der Waals surface area contributed by atoms with Crippen LogP contribution in [0.25, 0.3) is 0 Å². The standard InChI is InChI=1S/C10H15NO7S2/c1-7-5-9(17-2)8(11)6-10(7)19(12,13)4-3-18-20(14,15)16/h5-6H,3-4,11H2,1-2H3,(H,14,15,16). The van der Waals surface area contributed by atoms with Crippen LogP contribution in [0.5, 0.6) is 5.75 Å². The molecule has 114 valence electrons. The number of sulfone groups is 1. The minimum atomic E-state index is -4.67. The van der Waals surface area contributed by atoms with E-state index in [1.165, 1.54) is 19.2 Å². The second kappa shape index (κ2) is 5.95. The lowest BCUT2D eigenvalue weighted by Crippen LogP contribution is -2.16. The van der Waals surface area contributed by atoms with Crippen LogP contribution in [-0.4, -0.2) is 40.9 Å². The van der Waals surface area contributed by atoms with Gasteiger partial charge in [-0.3, -0.25) is 4.55 Å². The van der Waals surface area contributed by atoms with Crippen molar-refractivity contribution in [2.75, 3.05) is 25.2 Å². The molecular formula is C10H15NO7S2. The summed E-state index contributed by atoms with van der Waals surface area (Å²) in [5, 5.41) is 0. The summed E-state index contributed by atoms with van der Waals surface area (Å²) >= 11 is 0. The van der Waals surface area contributed by atoms with Crippen LogP contribution in [0.4, 0.5) is 5.69 Å². The SMILES string of the molecule is COc1cc(C)c(S(=O)(=O)CCOS(=O)(=O)O)cc1N. The van der Waals surface area contributed by atoms with Gasteiger partial charge in [0.25, 0.3) is 0 Å². The van der Waals surface area contributed by atoms with E-state index >= 15 is 0 Å². The van der Waals surface area contributed by atoms with E-state index in [4.69, 9.17) is 15.0 Å². The van der Waals surface area contributed by atoms with Crippen LogP contribution in [0.15, 0.2) is 17.0 Å². The van der Waals surface area contributed by atoms with E-state index < -0.39 is 32.6 Å². The minimum absolute atomic E-state index is 0.0465. The van der Waals surface area contributed by atoms with Crippen molar-refractivity contribution in [3.05, 3.63) is 17.7 Å². The first kappa shape index (κ1) is 16.7. The number of aryl methyl sites for hydroxylation is 1. The fraction of sp³-hybridized carbons (Fsp3) is 0.400. The van der Waals surface area contributed by atoms with E-state index in [1.54, 1.807) is 6.92 Å². The molecule has 10 heteroatoms. The average Bonchev–Trinajstić information content (AvgIpc) is 2.29. The number of hydrogen-bond acceptors (Lipinski definition) is 7. The Balaban J connectivity index is 3.01. The number of anilines is 1. The van der Waals surface area contributed by atoms with Gasteiger partial charge in [-0.15, -0.1) is 0 Å². The molecule has 0 spiro atoms. The summed E-state index contributed by atoms with van der Waals surface area (Å²) in [4.78, 5) is -0.0465. The second-order valence-electron chi connectivity index (χ2n) is 3.93. The molecule has 0 saturated heterocycles. The molecule has 0 aliphatic rings.